The molecule has 0 amide bonds. The lowest BCUT2D eigenvalue weighted by Crippen LogP contribution is -2.42. The van der Waals surface area contributed by atoms with Crippen molar-refractivity contribution in [3.05, 3.63) is 11.7 Å². The second kappa shape index (κ2) is 5.14. The Balaban J connectivity index is 1.52. The average molecular weight is 237 g/mol. The van der Waals surface area contributed by atoms with Crippen LogP contribution < -0.4 is 5.32 Å². The summed E-state index contributed by atoms with van der Waals surface area (Å²) in [5.41, 5.74) is 0. The highest BCUT2D eigenvalue weighted by molar-refractivity contribution is 4.93. The predicted octanol–water partition coefficient (Wildman–Crippen LogP) is 0.943. The fourth-order valence-electron chi connectivity index (χ4n) is 2.37. The van der Waals surface area contributed by atoms with Crippen molar-refractivity contribution in [2.45, 2.75) is 38.1 Å². The molecule has 1 aliphatic carbocycles. The van der Waals surface area contributed by atoms with Crippen molar-refractivity contribution in [3.8, 4) is 0 Å². The summed E-state index contributed by atoms with van der Waals surface area (Å²) in [5, 5.41) is 7.44. The van der Waals surface area contributed by atoms with Gasteiger partial charge in [-0.3, -0.25) is 0 Å². The van der Waals surface area contributed by atoms with Crippen LogP contribution in [-0.4, -0.2) is 35.9 Å². The first kappa shape index (κ1) is 11.2. The second-order valence-electron chi connectivity index (χ2n) is 5.04. The van der Waals surface area contributed by atoms with E-state index in [1.807, 2.05) is 0 Å². The van der Waals surface area contributed by atoms with Gasteiger partial charge in [-0.05, 0) is 5.92 Å². The van der Waals surface area contributed by atoms with E-state index in [4.69, 9.17) is 9.26 Å². The number of hydrogen-bond donors (Lipinski definition) is 1. The zero-order chi connectivity index (χ0) is 11.5. The summed E-state index contributed by atoms with van der Waals surface area (Å²) >= 11 is 0. The maximum atomic E-state index is 5.40. The number of nitrogens with zero attached hydrogens (tertiary/aromatic N) is 2. The number of morpholine rings is 1. The van der Waals surface area contributed by atoms with Gasteiger partial charge in [-0.15, -0.1) is 0 Å². The first-order chi connectivity index (χ1) is 8.40. The molecule has 1 aliphatic heterocycles. The van der Waals surface area contributed by atoms with Crippen LogP contribution in [0, 0.1) is 5.92 Å². The van der Waals surface area contributed by atoms with Gasteiger partial charge in [0.05, 0.1) is 13.2 Å². The minimum absolute atomic E-state index is 0.320. The van der Waals surface area contributed by atoms with Crippen LogP contribution in [0.4, 0.5) is 0 Å². The molecule has 1 atom stereocenters. The van der Waals surface area contributed by atoms with Crippen LogP contribution in [0.15, 0.2) is 4.52 Å². The summed E-state index contributed by atoms with van der Waals surface area (Å²) in [7, 11) is 0. The zero-order valence-electron chi connectivity index (χ0n) is 10.0. The molecule has 1 saturated carbocycles. The molecular weight excluding hydrogens is 218 g/mol. The molecule has 2 heterocycles. The van der Waals surface area contributed by atoms with Crippen molar-refractivity contribution in [2.24, 2.45) is 5.92 Å². The Morgan fingerprint density at radius 3 is 2.94 bits per heavy atom. The third kappa shape index (κ3) is 2.84. The van der Waals surface area contributed by atoms with E-state index < -0.39 is 0 Å². The van der Waals surface area contributed by atoms with Crippen LogP contribution in [0.2, 0.25) is 0 Å². The topological polar surface area (TPSA) is 60.2 Å². The summed E-state index contributed by atoms with van der Waals surface area (Å²) in [6, 6.07) is 0.320. The van der Waals surface area contributed by atoms with Gasteiger partial charge < -0.3 is 14.6 Å². The number of aromatic nitrogens is 2. The highest BCUT2D eigenvalue weighted by atomic mass is 16.5. The predicted molar refractivity (Wildman–Crippen MR) is 61.7 cm³/mol. The Labute approximate surface area is 101 Å². The lowest BCUT2D eigenvalue weighted by molar-refractivity contribution is 0.0744. The van der Waals surface area contributed by atoms with Gasteiger partial charge in [-0.2, -0.15) is 4.98 Å². The van der Waals surface area contributed by atoms with Crippen molar-refractivity contribution >= 4 is 0 Å². The summed E-state index contributed by atoms with van der Waals surface area (Å²) in [6.07, 6.45) is 5.76. The molecule has 0 radical (unpaired) electrons. The van der Waals surface area contributed by atoms with Gasteiger partial charge in [-0.1, -0.05) is 24.4 Å². The molecule has 17 heavy (non-hydrogen) atoms. The Morgan fingerprint density at radius 2 is 2.24 bits per heavy atom. The minimum atomic E-state index is 0.320. The molecule has 94 valence electrons. The number of nitrogens with one attached hydrogen (secondary N) is 1. The Hall–Kier alpha value is -0.940. The molecule has 0 bridgehead atoms. The molecule has 0 spiro atoms. The fraction of sp³-hybridized carbons (Fsp3) is 0.833. The van der Waals surface area contributed by atoms with E-state index in [2.05, 4.69) is 15.5 Å². The van der Waals surface area contributed by atoms with Gasteiger partial charge in [-0.25, -0.2) is 0 Å². The SMILES string of the molecule is C1CC(Cc2noc(CC3COCCN3)n2)C1. The molecule has 1 unspecified atom stereocenters. The Bertz CT molecular complexity index is 356. The molecule has 1 aromatic rings. The van der Waals surface area contributed by atoms with E-state index >= 15 is 0 Å². The molecule has 2 aliphatic rings. The first-order valence-electron chi connectivity index (χ1n) is 6.53. The molecule has 3 rings (SSSR count). The molecule has 1 saturated heterocycles. The molecule has 1 N–H and O–H groups in total. The van der Waals surface area contributed by atoms with Gasteiger partial charge in [0, 0.05) is 25.4 Å². The third-order valence-corrected chi connectivity index (χ3v) is 3.63. The van der Waals surface area contributed by atoms with Crippen LogP contribution in [-0.2, 0) is 17.6 Å². The molecule has 5 heteroatoms. The molecular formula is C12H19N3O2. The fourth-order valence-corrected chi connectivity index (χ4v) is 2.37. The maximum Gasteiger partial charge on any atom is 0.228 e. The van der Waals surface area contributed by atoms with E-state index in [1.165, 1.54) is 19.3 Å². The van der Waals surface area contributed by atoms with E-state index in [9.17, 15) is 0 Å². The molecule has 5 nitrogen and oxygen atoms in total. The molecule has 2 fully saturated rings. The number of hydrogen-bond acceptors (Lipinski definition) is 5. The summed E-state index contributed by atoms with van der Waals surface area (Å²) < 4.78 is 10.7. The smallest absolute Gasteiger partial charge is 0.228 e. The zero-order valence-corrected chi connectivity index (χ0v) is 10.0. The lowest BCUT2D eigenvalue weighted by Gasteiger charge is -2.23. The quantitative estimate of drug-likeness (QED) is 0.844. The maximum absolute atomic E-state index is 5.40. The van der Waals surface area contributed by atoms with Crippen molar-refractivity contribution < 1.29 is 9.26 Å². The minimum Gasteiger partial charge on any atom is -0.378 e. The van der Waals surface area contributed by atoms with Crippen LogP contribution in [0.5, 0.6) is 0 Å². The van der Waals surface area contributed by atoms with Crippen molar-refractivity contribution in [2.75, 3.05) is 19.8 Å². The summed E-state index contributed by atoms with van der Waals surface area (Å²) in [5.74, 6) is 2.40. The van der Waals surface area contributed by atoms with Gasteiger partial charge in [0.2, 0.25) is 5.89 Å². The average Bonchev–Trinajstić information content (AvgIpc) is 2.73. The number of rotatable bonds is 4. The van der Waals surface area contributed by atoms with Crippen LogP contribution in [0.3, 0.4) is 0 Å². The second-order valence-corrected chi connectivity index (χ2v) is 5.04. The lowest BCUT2D eigenvalue weighted by atomic mass is 9.83. The van der Waals surface area contributed by atoms with Gasteiger partial charge >= 0.3 is 0 Å². The van der Waals surface area contributed by atoms with Crippen LogP contribution in [0.1, 0.15) is 31.0 Å². The largest absolute Gasteiger partial charge is 0.378 e. The molecule has 0 aromatic carbocycles. The van der Waals surface area contributed by atoms with E-state index in [1.54, 1.807) is 0 Å². The Kier molecular flexibility index (Phi) is 3.38. The highest BCUT2D eigenvalue weighted by Crippen LogP contribution is 2.28. The van der Waals surface area contributed by atoms with E-state index in [0.29, 0.717) is 6.04 Å². The van der Waals surface area contributed by atoms with Gasteiger partial charge in [0.1, 0.15) is 0 Å². The third-order valence-electron chi connectivity index (χ3n) is 3.63. The summed E-state index contributed by atoms with van der Waals surface area (Å²) in [6.45, 7) is 2.45. The molecule has 1 aromatic heterocycles. The van der Waals surface area contributed by atoms with Gasteiger partial charge in [0.15, 0.2) is 5.82 Å². The highest BCUT2D eigenvalue weighted by Gasteiger charge is 2.21. The Morgan fingerprint density at radius 1 is 1.29 bits per heavy atom. The monoisotopic (exact) mass is 237 g/mol. The van der Waals surface area contributed by atoms with E-state index in [0.717, 1.165) is 50.2 Å². The normalized spacial score (nSPS) is 25.8. The van der Waals surface area contributed by atoms with Crippen molar-refractivity contribution in [1.29, 1.82) is 0 Å². The first-order valence-corrected chi connectivity index (χ1v) is 6.53. The van der Waals surface area contributed by atoms with Gasteiger partial charge in [0.25, 0.3) is 0 Å². The van der Waals surface area contributed by atoms with Crippen LogP contribution in [0.25, 0.3) is 0 Å². The standard InChI is InChI=1S/C12H19N3O2/c1-2-9(3-1)6-11-14-12(17-15-11)7-10-8-16-5-4-13-10/h9-10,13H,1-8H2. The van der Waals surface area contributed by atoms with Crippen molar-refractivity contribution in [3.63, 3.8) is 0 Å². The van der Waals surface area contributed by atoms with Crippen LogP contribution >= 0.6 is 0 Å². The summed E-state index contributed by atoms with van der Waals surface area (Å²) in [4.78, 5) is 4.45. The van der Waals surface area contributed by atoms with Crippen molar-refractivity contribution in [1.82, 2.24) is 15.5 Å². The van der Waals surface area contributed by atoms with E-state index in [-0.39, 0.29) is 0 Å². The number of ether oxygens (including phenoxy) is 1.